The molecule has 1 fully saturated rings. The fourth-order valence-corrected chi connectivity index (χ4v) is 2.35. The average molecular weight is 308 g/mol. The molecular formula is C15H18ClN3O2. The quantitative estimate of drug-likeness (QED) is 0.908. The summed E-state index contributed by atoms with van der Waals surface area (Å²) in [5.41, 5.74) is 1.79. The second-order valence-electron chi connectivity index (χ2n) is 4.91. The van der Waals surface area contributed by atoms with Gasteiger partial charge in [0.2, 0.25) is 5.91 Å². The normalized spacial score (nSPS) is 17.2. The predicted molar refractivity (Wildman–Crippen MR) is 82.1 cm³/mol. The Morgan fingerprint density at radius 1 is 1.38 bits per heavy atom. The number of nitrogens with one attached hydrogen (secondary N) is 2. The molecule has 0 bridgehead atoms. The molecule has 1 unspecified atom stereocenters. The number of aromatic nitrogens is 1. The highest BCUT2D eigenvalue weighted by Gasteiger charge is 2.21. The van der Waals surface area contributed by atoms with Gasteiger partial charge in [0.15, 0.2) is 5.76 Å². The van der Waals surface area contributed by atoms with E-state index in [0.717, 1.165) is 30.6 Å². The molecule has 1 aromatic carbocycles. The van der Waals surface area contributed by atoms with Gasteiger partial charge in [-0.3, -0.25) is 4.79 Å². The topological polar surface area (TPSA) is 67.2 Å². The summed E-state index contributed by atoms with van der Waals surface area (Å²) in [6.45, 7) is 1.29. The van der Waals surface area contributed by atoms with E-state index in [-0.39, 0.29) is 24.4 Å². The molecule has 0 saturated carbocycles. The monoisotopic (exact) mass is 307 g/mol. The second kappa shape index (κ2) is 7.24. The fraction of sp³-hybridized carbons (Fsp3) is 0.333. The Hall–Kier alpha value is -1.85. The van der Waals surface area contributed by atoms with Crippen molar-refractivity contribution in [2.45, 2.75) is 25.4 Å². The van der Waals surface area contributed by atoms with E-state index in [9.17, 15) is 4.79 Å². The lowest BCUT2D eigenvalue weighted by atomic mass is 10.1. The Kier molecular flexibility index (Phi) is 5.36. The van der Waals surface area contributed by atoms with Crippen molar-refractivity contribution in [2.75, 3.05) is 6.54 Å². The van der Waals surface area contributed by atoms with Crippen LogP contribution >= 0.6 is 12.4 Å². The minimum Gasteiger partial charge on any atom is -0.359 e. The maximum atomic E-state index is 11.9. The summed E-state index contributed by atoms with van der Waals surface area (Å²) in [7, 11) is 0. The molecule has 1 saturated heterocycles. The van der Waals surface area contributed by atoms with E-state index in [1.54, 1.807) is 0 Å². The van der Waals surface area contributed by atoms with Gasteiger partial charge >= 0.3 is 0 Å². The zero-order valence-electron chi connectivity index (χ0n) is 11.5. The minimum atomic E-state index is -0.0634. The lowest BCUT2D eigenvalue weighted by Crippen LogP contribution is -2.39. The second-order valence-corrected chi connectivity index (χ2v) is 4.91. The Bertz CT molecular complexity index is 580. The first kappa shape index (κ1) is 15.5. The highest BCUT2D eigenvalue weighted by molar-refractivity contribution is 5.85. The molecule has 6 heteroatoms. The van der Waals surface area contributed by atoms with Crippen LogP contribution in [-0.2, 0) is 11.3 Å². The first-order chi connectivity index (χ1) is 9.83. The third-order valence-corrected chi connectivity index (χ3v) is 3.44. The van der Waals surface area contributed by atoms with Crippen LogP contribution in [-0.4, -0.2) is 23.7 Å². The molecule has 1 atom stereocenters. The Labute approximate surface area is 129 Å². The number of nitrogens with zero attached hydrogens (tertiary/aromatic N) is 1. The van der Waals surface area contributed by atoms with Crippen LogP contribution in [0.3, 0.4) is 0 Å². The van der Waals surface area contributed by atoms with Crippen molar-refractivity contribution in [3.8, 4) is 11.3 Å². The lowest BCUT2D eigenvalue weighted by molar-refractivity contribution is -0.123. The minimum absolute atomic E-state index is 0. The van der Waals surface area contributed by atoms with Crippen molar-refractivity contribution in [1.29, 1.82) is 0 Å². The summed E-state index contributed by atoms with van der Waals surface area (Å²) in [4.78, 5) is 11.9. The lowest BCUT2D eigenvalue weighted by Gasteiger charge is -2.09. The molecule has 1 aromatic heterocycles. The highest BCUT2D eigenvalue weighted by Crippen LogP contribution is 2.18. The van der Waals surface area contributed by atoms with Gasteiger partial charge in [0, 0.05) is 11.6 Å². The van der Waals surface area contributed by atoms with Gasteiger partial charge in [0.1, 0.15) is 5.69 Å². The predicted octanol–water partition coefficient (Wildman–Crippen LogP) is 2.13. The fourth-order valence-electron chi connectivity index (χ4n) is 2.35. The van der Waals surface area contributed by atoms with E-state index in [0.29, 0.717) is 12.3 Å². The molecule has 2 N–H and O–H groups in total. The van der Waals surface area contributed by atoms with Crippen LogP contribution in [0.15, 0.2) is 40.9 Å². The largest absolute Gasteiger partial charge is 0.359 e. The van der Waals surface area contributed by atoms with Crippen LogP contribution < -0.4 is 10.6 Å². The first-order valence-corrected chi connectivity index (χ1v) is 6.85. The van der Waals surface area contributed by atoms with Gasteiger partial charge in [-0.05, 0) is 19.4 Å². The molecule has 0 radical (unpaired) electrons. The van der Waals surface area contributed by atoms with Gasteiger partial charge in [-0.25, -0.2) is 0 Å². The summed E-state index contributed by atoms with van der Waals surface area (Å²) < 4.78 is 5.25. The van der Waals surface area contributed by atoms with Crippen molar-refractivity contribution in [2.24, 2.45) is 0 Å². The maximum Gasteiger partial charge on any atom is 0.237 e. The van der Waals surface area contributed by atoms with Crippen molar-refractivity contribution < 1.29 is 9.32 Å². The van der Waals surface area contributed by atoms with Gasteiger partial charge in [0.05, 0.1) is 12.6 Å². The van der Waals surface area contributed by atoms with E-state index in [1.807, 2.05) is 36.4 Å². The van der Waals surface area contributed by atoms with Crippen molar-refractivity contribution >= 4 is 18.3 Å². The Morgan fingerprint density at radius 3 is 2.90 bits per heavy atom. The van der Waals surface area contributed by atoms with Gasteiger partial charge in [-0.1, -0.05) is 35.5 Å². The van der Waals surface area contributed by atoms with E-state index in [1.165, 1.54) is 0 Å². The molecule has 1 aliphatic heterocycles. The summed E-state index contributed by atoms with van der Waals surface area (Å²) in [6, 6.07) is 11.6. The molecule has 3 rings (SSSR count). The summed E-state index contributed by atoms with van der Waals surface area (Å²) in [5, 5.41) is 10.1. The number of carbonyl (C=O) groups is 1. The van der Waals surface area contributed by atoms with Gasteiger partial charge in [-0.2, -0.15) is 0 Å². The standard InChI is InChI=1S/C15H17N3O2.ClH/c19-15(13-7-4-8-16-13)17-10-12-9-14(18-20-12)11-5-2-1-3-6-11;/h1-3,5-6,9,13,16H,4,7-8,10H2,(H,17,19);1H. The van der Waals surface area contributed by atoms with Crippen LogP contribution in [0.25, 0.3) is 11.3 Å². The van der Waals surface area contributed by atoms with Gasteiger partial charge in [-0.15, -0.1) is 12.4 Å². The highest BCUT2D eigenvalue weighted by atomic mass is 35.5. The van der Waals surface area contributed by atoms with Crippen LogP contribution in [0.2, 0.25) is 0 Å². The molecule has 112 valence electrons. The van der Waals surface area contributed by atoms with Crippen LogP contribution in [0.1, 0.15) is 18.6 Å². The average Bonchev–Trinajstić information content (AvgIpc) is 3.17. The van der Waals surface area contributed by atoms with E-state index in [2.05, 4.69) is 15.8 Å². The summed E-state index contributed by atoms with van der Waals surface area (Å²) >= 11 is 0. The molecule has 0 spiro atoms. The maximum absolute atomic E-state index is 11.9. The Morgan fingerprint density at radius 2 is 2.19 bits per heavy atom. The SMILES string of the molecule is Cl.O=C(NCc1cc(-c2ccccc2)no1)C1CCCN1. The molecule has 2 aromatic rings. The van der Waals surface area contributed by atoms with E-state index < -0.39 is 0 Å². The van der Waals surface area contributed by atoms with E-state index in [4.69, 9.17) is 4.52 Å². The van der Waals surface area contributed by atoms with Crippen molar-refractivity contribution in [3.63, 3.8) is 0 Å². The first-order valence-electron chi connectivity index (χ1n) is 6.85. The zero-order valence-corrected chi connectivity index (χ0v) is 12.4. The van der Waals surface area contributed by atoms with Crippen LogP contribution in [0.4, 0.5) is 0 Å². The zero-order chi connectivity index (χ0) is 13.8. The number of halogens is 1. The third kappa shape index (κ3) is 3.83. The number of benzene rings is 1. The Balaban J connectivity index is 0.00000161. The van der Waals surface area contributed by atoms with Crippen molar-refractivity contribution in [1.82, 2.24) is 15.8 Å². The molecule has 1 amide bonds. The molecule has 5 nitrogen and oxygen atoms in total. The van der Waals surface area contributed by atoms with Gasteiger partial charge in [0.25, 0.3) is 0 Å². The molecule has 2 heterocycles. The van der Waals surface area contributed by atoms with E-state index >= 15 is 0 Å². The molecule has 21 heavy (non-hydrogen) atoms. The smallest absolute Gasteiger partial charge is 0.237 e. The molecule has 1 aliphatic rings. The van der Waals surface area contributed by atoms with Crippen molar-refractivity contribution in [3.05, 3.63) is 42.2 Å². The number of rotatable bonds is 4. The number of carbonyl (C=O) groups excluding carboxylic acids is 1. The number of hydrogen-bond donors (Lipinski definition) is 2. The number of amides is 1. The van der Waals surface area contributed by atoms with Crippen LogP contribution in [0.5, 0.6) is 0 Å². The summed E-state index contributed by atoms with van der Waals surface area (Å²) in [5.74, 6) is 0.690. The molecule has 0 aliphatic carbocycles. The molecular weight excluding hydrogens is 290 g/mol. The summed E-state index contributed by atoms with van der Waals surface area (Å²) in [6.07, 6.45) is 1.95. The van der Waals surface area contributed by atoms with Gasteiger partial charge < -0.3 is 15.2 Å². The third-order valence-electron chi connectivity index (χ3n) is 3.44. The number of hydrogen-bond acceptors (Lipinski definition) is 4. The van der Waals surface area contributed by atoms with Crippen LogP contribution in [0, 0.1) is 0 Å².